The molecule has 0 fully saturated rings. The Hall–Kier alpha value is -13.4. The fourth-order valence-electron chi connectivity index (χ4n) is 13.2. The third-order valence-electron chi connectivity index (χ3n) is 17.8. The summed E-state index contributed by atoms with van der Waals surface area (Å²) in [6.45, 7) is 0. The first-order valence-corrected chi connectivity index (χ1v) is 32.3. The van der Waals surface area contributed by atoms with Crippen LogP contribution in [0.4, 0.5) is 68.2 Å². The molecule has 16 rings (SSSR count). The van der Waals surface area contributed by atoms with Gasteiger partial charge in [-0.05, 0) is 121 Å². The molecule has 2 heterocycles. The molecule has 0 N–H and O–H groups in total. The molecule has 14 aromatic carbocycles. The zero-order valence-corrected chi connectivity index (χ0v) is 52.7. The highest BCUT2D eigenvalue weighted by Crippen LogP contribution is 2.58. The highest BCUT2D eigenvalue weighted by Gasteiger charge is 2.37. The van der Waals surface area contributed by atoms with E-state index in [1.165, 1.54) is 0 Å². The highest BCUT2D eigenvalue weighted by atomic mass is 16.5. The molecule has 0 aromatic heterocycles. The summed E-state index contributed by atoms with van der Waals surface area (Å²) in [5.74, 6) is 1.11. The van der Waals surface area contributed by atoms with Crippen molar-refractivity contribution in [1.82, 2.24) is 0 Å². The third kappa shape index (κ3) is 11.0. The number of carbonyl (C=O) groups is 4. The van der Waals surface area contributed by atoms with E-state index in [-0.39, 0.29) is 23.1 Å². The number of hydrogen-bond acceptors (Lipinski definition) is 10. The fraction of sp³-hybridized carbons (Fsp3) is 0. The van der Waals surface area contributed by atoms with Gasteiger partial charge in [-0.15, -0.1) is 0 Å². The molecular formula is C88H58N4O6. The van der Waals surface area contributed by atoms with Crippen LogP contribution in [0.5, 0.6) is 23.0 Å². The molecule has 466 valence electrons. The van der Waals surface area contributed by atoms with Crippen molar-refractivity contribution in [2.45, 2.75) is 0 Å². The summed E-state index contributed by atoms with van der Waals surface area (Å²) in [6, 6.07) is 111. The van der Waals surface area contributed by atoms with E-state index in [1.807, 2.05) is 341 Å². The van der Waals surface area contributed by atoms with Gasteiger partial charge in [0.15, 0.2) is 46.1 Å². The van der Waals surface area contributed by atoms with Crippen molar-refractivity contribution in [2.75, 3.05) is 19.6 Å². The standard InChI is InChI=1S/C88H58N4O6/c93-84(59-30-8-1-9-31-59)69-56-78(70(85(94)60-32-10-2-11-33-60)55-77(69)89(64-39-16-5-17-40-64)65-41-18-6-19-42-65)90(66-43-20-7-21-44-66)67-45-28-38-63(54-67)68-46-29-50-76-88(68)98-83-53-27-24-49-75(83)92(76)80-58-71(86(95)61-34-12-3-13-35-61)79(57-72(80)87(96)62-36-14-4-15-37-62)91-73-47-22-25-51-81(73)97-82-52-26-23-48-74(82)91/h1-58H. The summed E-state index contributed by atoms with van der Waals surface area (Å²) >= 11 is 0. The first-order valence-electron chi connectivity index (χ1n) is 32.3. The van der Waals surface area contributed by atoms with Crippen LogP contribution in [0.15, 0.2) is 352 Å². The first-order chi connectivity index (χ1) is 48.3. The van der Waals surface area contributed by atoms with Crippen molar-refractivity contribution in [3.05, 3.63) is 396 Å². The SMILES string of the molecule is O=C(c1ccccc1)c1cc(N(c2ccccc2)c2cccc(-c3cccc4c3Oc3ccccc3N4c3cc(C(=O)c4ccccc4)c(N4c5ccccc5Oc5ccccc54)cc3C(=O)c3ccccc3)c2)c(C(=O)c2ccccc2)cc1N(c1ccccc1)c1ccccc1. The minimum atomic E-state index is -0.273. The molecular weight excluding hydrogens is 1210 g/mol. The molecule has 14 aromatic rings. The zero-order chi connectivity index (χ0) is 66.1. The molecule has 0 spiro atoms. The molecule has 0 aliphatic carbocycles. The lowest BCUT2D eigenvalue weighted by Crippen LogP contribution is -2.23. The largest absolute Gasteiger partial charge is 0.453 e. The van der Waals surface area contributed by atoms with Gasteiger partial charge in [-0.1, -0.05) is 237 Å². The van der Waals surface area contributed by atoms with Crippen LogP contribution in [-0.2, 0) is 0 Å². The van der Waals surface area contributed by atoms with Crippen molar-refractivity contribution in [3.63, 3.8) is 0 Å². The average Bonchev–Trinajstić information content (AvgIpc) is 0.733. The second-order valence-electron chi connectivity index (χ2n) is 23.7. The van der Waals surface area contributed by atoms with Crippen molar-refractivity contribution in [2.24, 2.45) is 0 Å². The average molecular weight is 1270 g/mol. The summed E-state index contributed by atoms with van der Waals surface area (Å²) in [4.78, 5) is 71.2. The van der Waals surface area contributed by atoms with Gasteiger partial charge in [-0.3, -0.25) is 19.2 Å². The lowest BCUT2D eigenvalue weighted by Gasteiger charge is -2.37. The van der Waals surface area contributed by atoms with Crippen LogP contribution in [0.2, 0.25) is 0 Å². The number of benzene rings is 14. The van der Waals surface area contributed by atoms with Crippen LogP contribution in [-0.4, -0.2) is 23.1 Å². The number of rotatable bonds is 17. The number of anilines is 12. The Morgan fingerprint density at radius 2 is 0.551 bits per heavy atom. The molecule has 0 amide bonds. The fourth-order valence-corrected chi connectivity index (χ4v) is 13.2. The Bertz CT molecular complexity index is 5280. The summed E-state index contributed by atoms with van der Waals surface area (Å²) in [5, 5.41) is 0. The van der Waals surface area contributed by atoms with Gasteiger partial charge in [-0.25, -0.2) is 0 Å². The van der Waals surface area contributed by atoms with Crippen LogP contribution in [0.1, 0.15) is 63.7 Å². The number of hydrogen-bond donors (Lipinski definition) is 0. The van der Waals surface area contributed by atoms with Crippen molar-refractivity contribution < 1.29 is 28.7 Å². The molecule has 2 aliphatic heterocycles. The molecule has 0 atom stereocenters. The zero-order valence-electron chi connectivity index (χ0n) is 52.7. The molecule has 0 saturated heterocycles. The van der Waals surface area contributed by atoms with Crippen molar-refractivity contribution >= 4 is 91.4 Å². The molecule has 0 radical (unpaired) electrons. The second-order valence-corrected chi connectivity index (χ2v) is 23.7. The maximum atomic E-state index is 15.9. The minimum absolute atomic E-state index is 0.242. The molecule has 10 heteroatoms. The summed E-state index contributed by atoms with van der Waals surface area (Å²) in [5.41, 5.74) is 12.1. The van der Waals surface area contributed by atoms with E-state index in [0.29, 0.717) is 124 Å². The van der Waals surface area contributed by atoms with Gasteiger partial charge < -0.3 is 29.1 Å². The van der Waals surface area contributed by atoms with Gasteiger partial charge in [0.25, 0.3) is 0 Å². The van der Waals surface area contributed by atoms with Crippen molar-refractivity contribution in [1.29, 1.82) is 0 Å². The Balaban J connectivity index is 0.915. The van der Waals surface area contributed by atoms with Gasteiger partial charge in [0.2, 0.25) is 0 Å². The van der Waals surface area contributed by atoms with E-state index >= 15 is 19.2 Å². The lowest BCUT2D eigenvalue weighted by atomic mass is 9.92. The summed E-state index contributed by atoms with van der Waals surface area (Å²) < 4.78 is 13.7. The van der Waals surface area contributed by atoms with E-state index in [9.17, 15) is 0 Å². The Morgan fingerprint density at radius 1 is 0.245 bits per heavy atom. The van der Waals surface area contributed by atoms with Crippen LogP contribution < -0.4 is 29.1 Å². The van der Waals surface area contributed by atoms with E-state index in [2.05, 4.69) is 6.07 Å². The smallest absolute Gasteiger partial charge is 0.195 e. The van der Waals surface area contributed by atoms with Gasteiger partial charge in [-0.2, -0.15) is 0 Å². The van der Waals surface area contributed by atoms with Gasteiger partial charge in [0.05, 0.1) is 45.5 Å². The maximum Gasteiger partial charge on any atom is 0.195 e. The number of carbonyl (C=O) groups excluding carboxylic acids is 4. The molecule has 98 heavy (non-hydrogen) atoms. The Morgan fingerprint density at radius 3 is 0.959 bits per heavy atom. The second kappa shape index (κ2) is 25.8. The van der Waals surface area contributed by atoms with Gasteiger partial charge >= 0.3 is 0 Å². The Kier molecular flexibility index (Phi) is 15.7. The number of ketones is 4. The molecule has 0 unspecified atom stereocenters. The van der Waals surface area contributed by atoms with Crippen LogP contribution in [0, 0.1) is 0 Å². The van der Waals surface area contributed by atoms with E-state index in [1.54, 1.807) is 24.3 Å². The van der Waals surface area contributed by atoms with Crippen LogP contribution in [0.25, 0.3) is 11.1 Å². The highest BCUT2D eigenvalue weighted by molar-refractivity contribution is 6.21. The quantitative estimate of drug-likeness (QED) is 0.0820. The van der Waals surface area contributed by atoms with Crippen molar-refractivity contribution in [3.8, 4) is 34.1 Å². The topological polar surface area (TPSA) is 99.7 Å². The monoisotopic (exact) mass is 1270 g/mol. The Labute approximate surface area is 567 Å². The van der Waals surface area contributed by atoms with Gasteiger partial charge in [0.1, 0.15) is 0 Å². The first kappa shape index (κ1) is 59.6. The normalized spacial score (nSPS) is 11.8. The lowest BCUT2D eigenvalue weighted by molar-refractivity contribution is 0.102. The van der Waals surface area contributed by atoms with Gasteiger partial charge in [0, 0.05) is 72.8 Å². The van der Waals surface area contributed by atoms with E-state index in [0.717, 1.165) is 22.6 Å². The molecule has 0 saturated carbocycles. The molecule has 0 bridgehead atoms. The third-order valence-corrected chi connectivity index (χ3v) is 17.8. The number of nitrogens with zero attached hydrogens (tertiary/aromatic N) is 4. The summed E-state index contributed by atoms with van der Waals surface area (Å²) in [7, 11) is 0. The molecule has 10 nitrogen and oxygen atoms in total. The van der Waals surface area contributed by atoms with Crippen LogP contribution in [0.3, 0.4) is 0 Å². The predicted octanol–water partition coefficient (Wildman–Crippen LogP) is 22.4. The van der Waals surface area contributed by atoms with Crippen LogP contribution >= 0.6 is 0 Å². The number of para-hydroxylation sites is 10. The maximum absolute atomic E-state index is 15.9. The summed E-state index contributed by atoms with van der Waals surface area (Å²) in [6.07, 6.45) is 0. The minimum Gasteiger partial charge on any atom is -0.453 e. The van der Waals surface area contributed by atoms with E-state index in [4.69, 9.17) is 9.47 Å². The predicted molar refractivity (Wildman–Crippen MR) is 390 cm³/mol. The number of ether oxygens (including phenoxy) is 2. The van der Waals surface area contributed by atoms with E-state index < -0.39 is 0 Å². The number of fused-ring (bicyclic) bond motifs is 4. The molecule has 2 aliphatic rings.